The first-order chi connectivity index (χ1) is 10.5. The fraction of sp³-hybridized carbons (Fsp3) is 0.188. The SMILES string of the molecule is CC(=O)Nc1ccc(NC(=O)[C@@H](N)Cc2ccccc2)cn1. The first-order valence-corrected chi connectivity index (χ1v) is 6.88. The molecule has 0 bridgehead atoms. The van der Waals surface area contributed by atoms with Crippen molar-refractivity contribution in [3.63, 3.8) is 0 Å². The first-order valence-electron chi connectivity index (χ1n) is 6.88. The van der Waals surface area contributed by atoms with E-state index >= 15 is 0 Å². The van der Waals surface area contributed by atoms with Gasteiger partial charge in [0.05, 0.1) is 17.9 Å². The molecule has 1 aromatic carbocycles. The minimum absolute atomic E-state index is 0.200. The Morgan fingerprint density at radius 3 is 2.45 bits per heavy atom. The number of nitrogens with two attached hydrogens (primary N) is 1. The van der Waals surface area contributed by atoms with Gasteiger partial charge < -0.3 is 16.4 Å². The van der Waals surface area contributed by atoms with Gasteiger partial charge in [0.15, 0.2) is 0 Å². The molecule has 1 aromatic heterocycles. The molecule has 4 N–H and O–H groups in total. The van der Waals surface area contributed by atoms with Crippen molar-refractivity contribution in [3.8, 4) is 0 Å². The average Bonchev–Trinajstić information content (AvgIpc) is 2.49. The van der Waals surface area contributed by atoms with E-state index in [4.69, 9.17) is 5.73 Å². The van der Waals surface area contributed by atoms with Crippen LogP contribution in [0.25, 0.3) is 0 Å². The fourth-order valence-corrected chi connectivity index (χ4v) is 1.92. The predicted molar refractivity (Wildman–Crippen MR) is 85.3 cm³/mol. The van der Waals surface area contributed by atoms with Gasteiger partial charge >= 0.3 is 0 Å². The van der Waals surface area contributed by atoms with Crippen LogP contribution in [0.4, 0.5) is 11.5 Å². The summed E-state index contributed by atoms with van der Waals surface area (Å²) < 4.78 is 0. The van der Waals surface area contributed by atoms with Crippen LogP contribution < -0.4 is 16.4 Å². The van der Waals surface area contributed by atoms with E-state index in [1.54, 1.807) is 12.1 Å². The van der Waals surface area contributed by atoms with Crippen LogP contribution in [0.1, 0.15) is 12.5 Å². The molecular formula is C16H18N4O2. The van der Waals surface area contributed by atoms with Crippen LogP contribution in [-0.4, -0.2) is 22.8 Å². The lowest BCUT2D eigenvalue weighted by atomic mass is 10.1. The van der Waals surface area contributed by atoms with Crippen LogP contribution in [0, 0.1) is 0 Å². The standard InChI is InChI=1S/C16H18N4O2/c1-11(21)19-15-8-7-13(10-18-15)20-16(22)14(17)9-12-5-3-2-4-6-12/h2-8,10,14H,9,17H2,1H3,(H,20,22)(H,18,19,21)/t14-/m0/s1. The number of aromatic nitrogens is 1. The van der Waals surface area contributed by atoms with Gasteiger partial charge in [-0.3, -0.25) is 9.59 Å². The van der Waals surface area contributed by atoms with E-state index in [1.807, 2.05) is 30.3 Å². The van der Waals surface area contributed by atoms with Gasteiger partial charge in [-0.1, -0.05) is 30.3 Å². The highest BCUT2D eigenvalue weighted by Gasteiger charge is 2.14. The maximum absolute atomic E-state index is 12.0. The molecule has 2 rings (SSSR count). The molecule has 1 heterocycles. The van der Waals surface area contributed by atoms with Gasteiger partial charge in [0.2, 0.25) is 11.8 Å². The summed E-state index contributed by atoms with van der Waals surface area (Å²) in [4.78, 5) is 27.0. The Morgan fingerprint density at radius 2 is 1.86 bits per heavy atom. The van der Waals surface area contributed by atoms with Gasteiger partial charge in [-0.05, 0) is 24.1 Å². The van der Waals surface area contributed by atoms with Crippen LogP contribution in [0.5, 0.6) is 0 Å². The summed E-state index contributed by atoms with van der Waals surface area (Å²) >= 11 is 0. The topological polar surface area (TPSA) is 97.1 Å². The van der Waals surface area contributed by atoms with E-state index in [2.05, 4.69) is 15.6 Å². The number of amides is 2. The first kappa shape index (κ1) is 15.7. The largest absolute Gasteiger partial charge is 0.323 e. The van der Waals surface area contributed by atoms with E-state index in [-0.39, 0.29) is 11.8 Å². The van der Waals surface area contributed by atoms with Crippen molar-refractivity contribution in [1.82, 2.24) is 4.98 Å². The zero-order chi connectivity index (χ0) is 15.9. The maximum atomic E-state index is 12.0. The van der Waals surface area contributed by atoms with Gasteiger partial charge in [-0.25, -0.2) is 4.98 Å². The Kier molecular flexibility index (Phi) is 5.21. The Labute approximate surface area is 128 Å². The zero-order valence-electron chi connectivity index (χ0n) is 12.2. The van der Waals surface area contributed by atoms with Crippen molar-refractivity contribution >= 4 is 23.3 Å². The van der Waals surface area contributed by atoms with Crippen molar-refractivity contribution in [3.05, 3.63) is 54.2 Å². The molecule has 0 aliphatic rings. The summed E-state index contributed by atoms with van der Waals surface area (Å²) in [6.07, 6.45) is 1.93. The third kappa shape index (κ3) is 4.68. The second-order valence-electron chi connectivity index (χ2n) is 4.90. The third-order valence-corrected chi connectivity index (χ3v) is 2.97. The molecule has 6 nitrogen and oxygen atoms in total. The van der Waals surface area contributed by atoms with Gasteiger partial charge in [-0.2, -0.15) is 0 Å². The third-order valence-electron chi connectivity index (χ3n) is 2.97. The summed E-state index contributed by atoms with van der Waals surface area (Å²) in [5.74, 6) is -0.0498. The number of carbonyl (C=O) groups excluding carboxylic acids is 2. The molecule has 2 aromatic rings. The van der Waals surface area contributed by atoms with Gasteiger partial charge in [0.25, 0.3) is 0 Å². The Hall–Kier alpha value is -2.73. The van der Waals surface area contributed by atoms with Crippen molar-refractivity contribution in [1.29, 1.82) is 0 Å². The number of rotatable bonds is 5. The van der Waals surface area contributed by atoms with Crippen LogP contribution in [0.15, 0.2) is 48.7 Å². The van der Waals surface area contributed by atoms with Gasteiger partial charge in [0.1, 0.15) is 5.82 Å². The number of nitrogens with one attached hydrogen (secondary N) is 2. The Bertz CT molecular complexity index is 641. The maximum Gasteiger partial charge on any atom is 0.241 e. The predicted octanol–water partition coefficient (Wildman–Crippen LogP) is 1.55. The monoisotopic (exact) mass is 298 g/mol. The molecule has 0 radical (unpaired) electrons. The molecule has 114 valence electrons. The minimum atomic E-state index is -0.641. The molecule has 0 saturated carbocycles. The second-order valence-corrected chi connectivity index (χ2v) is 4.90. The molecule has 0 unspecified atom stereocenters. The normalized spacial score (nSPS) is 11.5. The summed E-state index contributed by atoms with van der Waals surface area (Å²) in [5, 5.41) is 5.26. The van der Waals surface area contributed by atoms with Crippen molar-refractivity contribution in [2.24, 2.45) is 5.73 Å². The molecule has 2 amide bonds. The number of hydrogen-bond acceptors (Lipinski definition) is 4. The molecule has 0 aliphatic carbocycles. The van der Waals surface area contributed by atoms with E-state index in [0.717, 1.165) is 5.56 Å². The number of pyridine rings is 1. The average molecular weight is 298 g/mol. The van der Waals surface area contributed by atoms with Crippen LogP contribution in [-0.2, 0) is 16.0 Å². The number of anilines is 2. The highest BCUT2D eigenvalue weighted by atomic mass is 16.2. The molecule has 0 aliphatic heterocycles. The molecule has 0 fully saturated rings. The van der Waals surface area contributed by atoms with Gasteiger partial charge in [0, 0.05) is 6.92 Å². The van der Waals surface area contributed by atoms with Crippen LogP contribution in [0.2, 0.25) is 0 Å². The second kappa shape index (κ2) is 7.33. The summed E-state index contributed by atoms with van der Waals surface area (Å²) in [6, 6.07) is 12.2. The molecule has 0 saturated heterocycles. The quantitative estimate of drug-likeness (QED) is 0.780. The van der Waals surface area contributed by atoms with Crippen LogP contribution in [0.3, 0.4) is 0 Å². The zero-order valence-corrected chi connectivity index (χ0v) is 12.2. The molecule has 1 atom stereocenters. The van der Waals surface area contributed by atoms with E-state index < -0.39 is 6.04 Å². The number of carbonyl (C=O) groups is 2. The lowest BCUT2D eigenvalue weighted by Crippen LogP contribution is -2.37. The minimum Gasteiger partial charge on any atom is -0.323 e. The summed E-state index contributed by atoms with van der Waals surface area (Å²) in [6.45, 7) is 1.40. The summed E-state index contributed by atoms with van der Waals surface area (Å²) in [7, 11) is 0. The van der Waals surface area contributed by atoms with Crippen molar-refractivity contribution in [2.45, 2.75) is 19.4 Å². The Morgan fingerprint density at radius 1 is 1.14 bits per heavy atom. The van der Waals surface area contributed by atoms with E-state index in [9.17, 15) is 9.59 Å². The highest BCUT2D eigenvalue weighted by Crippen LogP contribution is 2.10. The highest BCUT2D eigenvalue weighted by molar-refractivity contribution is 5.95. The number of hydrogen-bond donors (Lipinski definition) is 3. The van der Waals surface area contributed by atoms with Crippen molar-refractivity contribution < 1.29 is 9.59 Å². The summed E-state index contributed by atoms with van der Waals surface area (Å²) in [5.41, 5.74) is 7.44. The molecular weight excluding hydrogens is 280 g/mol. The molecule has 0 spiro atoms. The van der Waals surface area contributed by atoms with Gasteiger partial charge in [-0.15, -0.1) is 0 Å². The smallest absolute Gasteiger partial charge is 0.241 e. The van der Waals surface area contributed by atoms with E-state index in [1.165, 1.54) is 13.1 Å². The molecule has 6 heteroatoms. The van der Waals surface area contributed by atoms with Crippen LogP contribution >= 0.6 is 0 Å². The Balaban J connectivity index is 1.92. The number of benzene rings is 1. The molecule has 22 heavy (non-hydrogen) atoms. The fourth-order valence-electron chi connectivity index (χ4n) is 1.92. The lowest BCUT2D eigenvalue weighted by molar-refractivity contribution is -0.117. The van der Waals surface area contributed by atoms with E-state index in [0.29, 0.717) is 17.9 Å². The lowest BCUT2D eigenvalue weighted by Gasteiger charge is -2.12. The number of nitrogens with zero attached hydrogens (tertiary/aromatic N) is 1. The van der Waals surface area contributed by atoms with Crippen molar-refractivity contribution in [2.75, 3.05) is 10.6 Å².